The summed E-state index contributed by atoms with van der Waals surface area (Å²) in [6, 6.07) is 6.75. The summed E-state index contributed by atoms with van der Waals surface area (Å²) in [7, 11) is 0. The van der Waals surface area contributed by atoms with Gasteiger partial charge in [0.25, 0.3) is 6.43 Å². The fourth-order valence-electron chi connectivity index (χ4n) is 2.94. The van der Waals surface area contributed by atoms with Crippen molar-refractivity contribution < 1.29 is 8.78 Å². The van der Waals surface area contributed by atoms with Gasteiger partial charge in [-0.3, -0.25) is 4.90 Å². The zero-order valence-electron chi connectivity index (χ0n) is 12.2. The van der Waals surface area contributed by atoms with Crippen LogP contribution in [0.25, 0.3) is 0 Å². The number of nitrogens with zero attached hydrogens (tertiary/aromatic N) is 1. The molecule has 1 fully saturated rings. The number of hydrogen-bond acceptors (Lipinski definition) is 2. The lowest BCUT2D eigenvalue weighted by Gasteiger charge is -2.40. The number of alkyl halides is 2. The second-order valence-corrected chi connectivity index (χ2v) is 5.96. The van der Waals surface area contributed by atoms with E-state index in [-0.39, 0.29) is 11.6 Å². The summed E-state index contributed by atoms with van der Waals surface area (Å²) >= 11 is 0. The summed E-state index contributed by atoms with van der Waals surface area (Å²) in [4.78, 5) is 2.39. The molecule has 0 bridgehead atoms. The second kappa shape index (κ2) is 6.64. The molecule has 1 saturated heterocycles. The highest BCUT2D eigenvalue weighted by atomic mass is 19.3. The molecule has 0 amide bonds. The van der Waals surface area contributed by atoms with Crippen LogP contribution in [0.5, 0.6) is 0 Å². The van der Waals surface area contributed by atoms with Gasteiger partial charge in [-0.2, -0.15) is 0 Å². The maximum Gasteiger partial charge on any atom is 0.263 e. The molecule has 1 aliphatic heterocycles. The van der Waals surface area contributed by atoms with Gasteiger partial charge in [0.15, 0.2) is 0 Å². The van der Waals surface area contributed by atoms with Gasteiger partial charge in [-0.25, -0.2) is 8.78 Å². The van der Waals surface area contributed by atoms with Gasteiger partial charge in [-0.15, -0.1) is 0 Å². The molecule has 1 aromatic carbocycles. The fourth-order valence-corrected chi connectivity index (χ4v) is 2.94. The van der Waals surface area contributed by atoms with E-state index < -0.39 is 6.43 Å². The molecule has 0 spiro atoms. The number of halogens is 2. The Bertz CT molecular complexity index is 419. The average Bonchev–Trinajstić information content (AvgIpc) is 2.44. The van der Waals surface area contributed by atoms with Crippen molar-refractivity contribution in [3.05, 3.63) is 35.4 Å². The van der Waals surface area contributed by atoms with E-state index in [1.165, 1.54) is 18.6 Å². The first-order valence-electron chi connectivity index (χ1n) is 7.35. The summed E-state index contributed by atoms with van der Waals surface area (Å²) < 4.78 is 25.2. The van der Waals surface area contributed by atoms with Crippen molar-refractivity contribution >= 4 is 0 Å². The highest BCUT2D eigenvalue weighted by Crippen LogP contribution is 2.30. The van der Waals surface area contributed by atoms with E-state index in [9.17, 15) is 8.78 Å². The Morgan fingerprint density at radius 1 is 1.15 bits per heavy atom. The van der Waals surface area contributed by atoms with Gasteiger partial charge >= 0.3 is 0 Å². The van der Waals surface area contributed by atoms with Crippen molar-refractivity contribution in [1.82, 2.24) is 4.90 Å². The molecule has 2 N–H and O–H groups in total. The molecule has 3 unspecified atom stereocenters. The Morgan fingerprint density at radius 2 is 1.75 bits per heavy atom. The molecule has 0 radical (unpaired) electrons. The monoisotopic (exact) mass is 282 g/mol. The van der Waals surface area contributed by atoms with Crippen LogP contribution in [-0.2, 0) is 0 Å². The first-order chi connectivity index (χ1) is 9.52. The minimum atomic E-state index is -2.41. The standard InChI is InChI=1S/C16H24F2N2/c1-11-7-8-20(10-12(11)2)15(9-19)13-3-5-14(6-4-13)16(17)18/h3-6,11-12,15-16H,7-10,19H2,1-2H3. The summed E-state index contributed by atoms with van der Waals surface area (Å²) in [5, 5.41) is 0. The van der Waals surface area contributed by atoms with E-state index in [1.807, 2.05) is 0 Å². The lowest BCUT2D eigenvalue weighted by atomic mass is 9.87. The van der Waals surface area contributed by atoms with Gasteiger partial charge in [0.1, 0.15) is 0 Å². The van der Waals surface area contributed by atoms with Gasteiger partial charge in [0.05, 0.1) is 0 Å². The van der Waals surface area contributed by atoms with Crippen molar-refractivity contribution in [2.45, 2.75) is 32.7 Å². The molecule has 2 rings (SSSR count). The minimum absolute atomic E-state index is 0.0742. The molecule has 0 aliphatic carbocycles. The Kier molecular flexibility index (Phi) is 5.11. The molecule has 0 aromatic heterocycles. The highest BCUT2D eigenvalue weighted by Gasteiger charge is 2.27. The van der Waals surface area contributed by atoms with E-state index in [0.29, 0.717) is 12.5 Å². The number of piperidine rings is 1. The zero-order chi connectivity index (χ0) is 14.7. The number of benzene rings is 1. The lowest BCUT2D eigenvalue weighted by Crippen LogP contribution is -2.43. The first-order valence-corrected chi connectivity index (χ1v) is 7.35. The van der Waals surface area contributed by atoms with Gasteiger partial charge < -0.3 is 5.73 Å². The topological polar surface area (TPSA) is 29.3 Å². The predicted octanol–water partition coefficient (Wildman–Crippen LogP) is 3.60. The van der Waals surface area contributed by atoms with Crippen LogP contribution in [-0.4, -0.2) is 24.5 Å². The molecule has 1 aliphatic rings. The lowest BCUT2D eigenvalue weighted by molar-refractivity contribution is 0.0982. The van der Waals surface area contributed by atoms with Crippen LogP contribution >= 0.6 is 0 Å². The van der Waals surface area contributed by atoms with E-state index in [0.717, 1.165) is 24.6 Å². The first kappa shape index (κ1) is 15.4. The van der Waals surface area contributed by atoms with Crippen LogP contribution < -0.4 is 5.73 Å². The third kappa shape index (κ3) is 3.36. The summed E-state index contributed by atoms with van der Waals surface area (Å²) in [6.07, 6.45) is -1.23. The van der Waals surface area contributed by atoms with Gasteiger partial charge in [0, 0.05) is 24.7 Å². The van der Waals surface area contributed by atoms with Crippen molar-refractivity contribution in [2.75, 3.05) is 19.6 Å². The maximum atomic E-state index is 12.6. The molecule has 4 heteroatoms. The van der Waals surface area contributed by atoms with Crippen LogP contribution in [0.4, 0.5) is 8.78 Å². The van der Waals surface area contributed by atoms with Crippen LogP contribution in [0.3, 0.4) is 0 Å². The number of rotatable bonds is 4. The Balaban J connectivity index is 2.11. The molecule has 3 atom stereocenters. The third-order valence-electron chi connectivity index (χ3n) is 4.60. The number of likely N-dealkylation sites (tertiary alicyclic amines) is 1. The maximum absolute atomic E-state index is 12.6. The second-order valence-electron chi connectivity index (χ2n) is 5.96. The van der Waals surface area contributed by atoms with E-state index >= 15 is 0 Å². The van der Waals surface area contributed by atoms with Crippen LogP contribution in [0.2, 0.25) is 0 Å². The molecule has 1 heterocycles. The average molecular weight is 282 g/mol. The van der Waals surface area contributed by atoms with E-state index in [1.54, 1.807) is 12.1 Å². The predicted molar refractivity (Wildman–Crippen MR) is 77.7 cm³/mol. The Labute approximate surface area is 120 Å². The van der Waals surface area contributed by atoms with Crippen LogP contribution in [0.1, 0.15) is 43.9 Å². The van der Waals surface area contributed by atoms with Crippen molar-refractivity contribution in [2.24, 2.45) is 17.6 Å². The minimum Gasteiger partial charge on any atom is -0.329 e. The fraction of sp³-hybridized carbons (Fsp3) is 0.625. The highest BCUT2D eigenvalue weighted by molar-refractivity contribution is 5.26. The number of nitrogens with two attached hydrogens (primary N) is 1. The van der Waals surface area contributed by atoms with Crippen LogP contribution in [0.15, 0.2) is 24.3 Å². The summed E-state index contributed by atoms with van der Waals surface area (Å²) in [6.45, 7) is 7.14. The summed E-state index contributed by atoms with van der Waals surface area (Å²) in [5.41, 5.74) is 7.04. The zero-order valence-corrected chi connectivity index (χ0v) is 12.2. The SMILES string of the molecule is CC1CCN(C(CN)c2ccc(C(F)F)cc2)CC1C. The van der Waals surface area contributed by atoms with Crippen molar-refractivity contribution in [3.63, 3.8) is 0 Å². The normalized spacial score (nSPS) is 25.9. The van der Waals surface area contributed by atoms with Gasteiger partial charge in [-0.05, 0) is 30.4 Å². The molecule has 0 saturated carbocycles. The van der Waals surface area contributed by atoms with Gasteiger partial charge in [-0.1, -0.05) is 38.1 Å². The van der Waals surface area contributed by atoms with Crippen LogP contribution in [0, 0.1) is 11.8 Å². The van der Waals surface area contributed by atoms with Crippen molar-refractivity contribution in [3.8, 4) is 0 Å². The Morgan fingerprint density at radius 3 is 2.25 bits per heavy atom. The molecule has 20 heavy (non-hydrogen) atoms. The third-order valence-corrected chi connectivity index (χ3v) is 4.60. The van der Waals surface area contributed by atoms with Crippen molar-refractivity contribution in [1.29, 1.82) is 0 Å². The smallest absolute Gasteiger partial charge is 0.263 e. The molecular formula is C16H24F2N2. The van der Waals surface area contributed by atoms with Gasteiger partial charge in [0.2, 0.25) is 0 Å². The van der Waals surface area contributed by atoms with E-state index in [4.69, 9.17) is 5.73 Å². The molecule has 2 nitrogen and oxygen atoms in total. The molecule has 1 aromatic rings. The molecule has 112 valence electrons. The molecular weight excluding hydrogens is 258 g/mol. The largest absolute Gasteiger partial charge is 0.329 e. The number of hydrogen-bond donors (Lipinski definition) is 1. The quantitative estimate of drug-likeness (QED) is 0.914. The Hall–Kier alpha value is -1.00. The van der Waals surface area contributed by atoms with E-state index in [2.05, 4.69) is 18.7 Å². The summed E-state index contributed by atoms with van der Waals surface area (Å²) in [5.74, 6) is 1.39.